The molecule has 0 radical (unpaired) electrons. The summed E-state index contributed by atoms with van der Waals surface area (Å²) in [5.41, 5.74) is 2.34. The lowest BCUT2D eigenvalue weighted by Crippen LogP contribution is -2.09. The molecule has 0 fully saturated rings. The number of ether oxygens (including phenoxy) is 1. The average Bonchev–Trinajstić information content (AvgIpc) is 2.92. The first-order chi connectivity index (χ1) is 9.84. The van der Waals surface area contributed by atoms with Crippen LogP contribution in [-0.2, 0) is 0 Å². The Bertz CT molecular complexity index is 619. The zero-order valence-corrected chi connectivity index (χ0v) is 12.1. The molecule has 1 aromatic heterocycles. The van der Waals surface area contributed by atoms with Crippen molar-refractivity contribution in [2.45, 2.75) is 13.0 Å². The predicted octanol–water partition coefficient (Wildman–Crippen LogP) is 5.22. The molecule has 0 aliphatic heterocycles. The van der Waals surface area contributed by atoms with E-state index in [-0.39, 0.29) is 6.10 Å². The van der Waals surface area contributed by atoms with Gasteiger partial charge in [-0.3, -0.25) is 0 Å². The first-order valence-electron chi connectivity index (χ1n) is 6.65. The largest absolute Gasteiger partial charge is 0.480 e. The Morgan fingerprint density at radius 1 is 0.800 bits per heavy atom. The summed E-state index contributed by atoms with van der Waals surface area (Å²) in [5, 5.41) is 2.07. The highest BCUT2D eigenvalue weighted by Gasteiger charge is 2.16. The molecule has 3 aromatic rings. The SMILES string of the molecule is Cc1sccc1OC(c1ccccc1)c1ccccc1. The van der Waals surface area contributed by atoms with Crippen LogP contribution in [0.1, 0.15) is 22.1 Å². The van der Waals surface area contributed by atoms with Gasteiger partial charge in [0, 0.05) is 4.88 Å². The van der Waals surface area contributed by atoms with Crippen molar-refractivity contribution in [1.82, 2.24) is 0 Å². The van der Waals surface area contributed by atoms with Gasteiger partial charge >= 0.3 is 0 Å². The molecule has 0 atom stereocenters. The molecule has 1 nitrogen and oxygen atoms in total. The second-order valence-electron chi connectivity index (χ2n) is 4.66. The highest BCUT2D eigenvalue weighted by atomic mass is 32.1. The van der Waals surface area contributed by atoms with E-state index in [9.17, 15) is 0 Å². The second kappa shape index (κ2) is 5.93. The number of rotatable bonds is 4. The first-order valence-corrected chi connectivity index (χ1v) is 7.53. The van der Waals surface area contributed by atoms with Gasteiger partial charge < -0.3 is 4.74 Å². The summed E-state index contributed by atoms with van der Waals surface area (Å²) < 4.78 is 6.27. The van der Waals surface area contributed by atoms with Crippen molar-refractivity contribution < 1.29 is 4.74 Å². The van der Waals surface area contributed by atoms with Gasteiger partial charge in [-0.2, -0.15) is 0 Å². The van der Waals surface area contributed by atoms with E-state index in [4.69, 9.17) is 4.74 Å². The maximum absolute atomic E-state index is 6.27. The van der Waals surface area contributed by atoms with E-state index in [0.29, 0.717) is 0 Å². The lowest BCUT2D eigenvalue weighted by atomic mass is 10.0. The number of hydrogen-bond donors (Lipinski definition) is 0. The summed E-state index contributed by atoms with van der Waals surface area (Å²) in [5.74, 6) is 0.965. The van der Waals surface area contributed by atoms with E-state index in [1.54, 1.807) is 11.3 Å². The Hall–Kier alpha value is -2.06. The third-order valence-corrected chi connectivity index (χ3v) is 4.09. The van der Waals surface area contributed by atoms with Crippen molar-refractivity contribution >= 4 is 11.3 Å². The van der Waals surface area contributed by atoms with Gasteiger partial charge in [0.05, 0.1) is 0 Å². The van der Waals surface area contributed by atoms with E-state index in [0.717, 1.165) is 5.75 Å². The van der Waals surface area contributed by atoms with Crippen molar-refractivity contribution in [3.63, 3.8) is 0 Å². The van der Waals surface area contributed by atoms with E-state index < -0.39 is 0 Å². The Balaban J connectivity index is 1.98. The fourth-order valence-corrected chi connectivity index (χ4v) is 2.83. The molecule has 0 N–H and O–H groups in total. The zero-order valence-electron chi connectivity index (χ0n) is 11.3. The Labute approximate surface area is 123 Å². The smallest absolute Gasteiger partial charge is 0.149 e. The summed E-state index contributed by atoms with van der Waals surface area (Å²) in [7, 11) is 0. The molecule has 0 unspecified atom stereocenters. The Morgan fingerprint density at radius 2 is 1.35 bits per heavy atom. The molecule has 0 spiro atoms. The van der Waals surface area contributed by atoms with E-state index >= 15 is 0 Å². The normalized spacial score (nSPS) is 10.7. The van der Waals surface area contributed by atoms with Crippen molar-refractivity contribution in [2.75, 3.05) is 0 Å². The van der Waals surface area contributed by atoms with Gasteiger partial charge in [-0.05, 0) is 29.5 Å². The quantitative estimate of drug-likeness (QED) is 0.636. The molecule has 2 aromatic carbocycles. The monoisotopic (exact) mass is 280 g/mol. The molecule has 100 valence electrons. The minimum atomic E-state index is -0.0642. The van der Waals surface area contributed by atoms with Crippen LogP contribution in [0.2, 0.25) is 0 Å². The highest BCUT2D eigenvalue weighted by molar-refractivity contribution is 7.10. The maximum Gasteiger partial charge on any atom is 0.149 e. The van der Waals surface area contributed by atoms with Gasteiger partial charge in [0.2, 0.25) is 0 Å². The van der Waals surface area contributed by atoms with E-state index in [2.05, 4.69) is 60.8 Å². The van der Waals surface area contributed by atoms with Gasteiger partial charge in [0.25, 0.3) is 0 Å². The summed E-state index contributed by atoms with van der Waals surface area (Å²) in [6, 6.07) is 22.7. The molecule has 1 heterocycles. The Morgan fingerprint density at radius 3 is 1.80 bits per heavy atom. The fourth-order valence-electron chi connectivity index (χ4n) is 2.21. The number of aryl methyl sites for hydroxylation is 1. The second-order valence-corrected chi connectivity index (χ2v) is 5.78. The van der Waals surface area contributed by atoms with Crippen LogP contribution in [0.3, 0.4) is 0 Å². The van der Waals surface area contributed by atoms with E-state index in [1.165, 1.54) is 16.0 Å². The third kappa shape index (κ3) is 2.75. The van der Waals surface area contributed by atoms with Crippen molar-refractivity contribution in [1.29, 1.82) is 0 Å². The number of hydrogen-bond acceptors (Lipinski definition) is 2. The molecule has 0 aliphatic carbocycles. The summed E-state index contributed by atoms with van der Waals surface area (Å²) in [6.45, 7) is 2.09. The average molecular weight is 280 g/mol. The van der Waals surface area contributed by atoms with Gasteiger partial charge in [-0.25, -0.2) is 0 Å². The van der Waals surface area contributed by atoms with Crippen LogP contribution < -0.4 is 4.74 Å². The highest BCUT2D eigenvalue weighted by Crippen LogP contribution is 2.32. The minimum Gasteiger partial charge on any atom is -0.480 e. The summed E-state index contributed by atoms with van der Waals surface area (Å²) >= 11 is 1.71. The lowest BCUT2D eigenvalue weighted by Gasteiger charge is -2.20. The third-order valence-electron chi connectivity index (χ3n) is 3.26. The summed E-state index contributed by atoms with van der Waals surface area (Å²) in [4.78, 5) is 1.21. The van der Waals surface area contributed by atoms with Crippen molar-refractivity contribution in [3.8, 4) is 5.75 Å². The molecule has 2 heteroatoms. The van der Waals surface area contributed by atoms with Crippen LogP contribution in [0, 0.1) is 6.92 Å². The van der Waals surface area contributed by atoms with Crippen LogP contribution in [0.15, 0.2) is 72.1 Å². The van der Waals surface area contributed by atoms with Crippen LogP contribution >= 0.6 is 11.3 Å². The number of thiophene rings is 1. The predicted molar refractivity (Wildman–Crippen MR) is 84.4 cm³/mol. The van der Waals surface area contributed by atoms with Gasteiger partial charge in [-0.1, -0.05) is 60.7 Å². The van der Waals surface area contributed by atoms with Crippen LogP contribution in [0.5, 0.6) is 5.75 Å². The zero-order chi connectivity index (χ0) is 13.8. The minimum absolute atomic E-state index is 0.0642. The molecule has 20 heavy (non-hydrogen) atoms. The van der Waals surface area contributed by atoms with Crippen LogP contribution in [-0.4, -0.2) is 0 Å². The lowest BCUT2D eigenvalue weighted by molar-refractivity contribution is 0.247. The molecule has 0 aliphatic rings. The first kappa shape index (κ1) is 12.9. The molecular weight excluding hydrogens is 264 g/mol. The van der Waals surface area contributed by atoms with Gasteiger partial charge in [0.15, 0.2) is 0 Å². The molecule has 0 bridgehead atoms. The molecule has 0 amide bonds. The van der Waals surface area contributed by atoms with Crippen molar-refractivity contribution in [3.05, 3.63) is 88.1 Å². The summed E-state index contributed by atoms with van der Waals surface area (Å²) in [6.07, 6.45) is -0.0642. The van der Waals surface area contributed by atoms with E-state index in [1.807, 2.05) is 18.2 Å². The molecule has 0 saturated heterocycles. The maximum atomic E-state index is 6.27. The van der Waals surface area contributed by atoms with Crippen LogP contribution in [0.4, 0.5) is 0 Å². The molecule has 3 rings (SSSR count). The number of benzene rings is 2. The van der Waals surface area contributed by atoms with Gasteiger partial charge in [0.1, 0.15) is 11.9 Å². The van der Waals surface area contributed by atoms with Crippen molar-refractivity contribution in [2.24, 2.45) is 0 Å². The molecule has 0 saturated carbocycles. The van der Waals surface area contributed by atoms with Crippen LogP contribution in [0.25, 0.3) is 0 Å². The topological polar surface area (TPSA) is 9.23 Å². The molecular formula is C18H16OS. The fraction of sp³-hybridized carbons (Fsp3) is 0.111. The Kier molecular flexibility index (Phi) is 3.84. The standard InChI is InChI=1S/C18H16OS/c1-14-17(12-13-20-14)19-18(15-8-4-2-5-9-15)16-10-6-3-7-11-16/h2-13,18H,1H3. The van der Waals surface area contributed by atoms with Gasteiger partial charge in [-0.15, -0.1) is 11.3 Å².